The van der Waals surface area contributed by atoms with Crippen LogP contribution in [0.25, 0.3) is 0 Å². The van der Waals surface area contributed by atoms with Crippen molar-refractivity contribution in [3.05, 3.63) is 23.5 Å². The van der Waals surface area contributed by atoms with Crippen LogP contribution in [-0.4, -0.2) is 27.9 Å². The molecule has 0 bridgehead atoms. The topological polar surface area (TPSA) is 69.7 Å². The van der Waals surface area contributed by atoms with Gasteiger partial charge in [0.1, 0.15) is 11.4 Å². The van der Waals surface area contributed by atoms with Gasteiger partial charge < -0.3 is 9.47 Å². The third-order valence-corrected chi connectivity index (χ3v) is 10.7. The first-order chi connectivity index (χ1) is 15.1. The van der Waals surface area contributed by atoms with E-state index in [1.165, 1.54) is 24.3 Å². The Kier molecular flexibility index (Phi) is 5.20. The van der Waals surface area contributed by atoms with Crippen LogP contribution < -0.4 is 0 Å². The Balaban J connectivity index is 1.55. The zero-order chi connectivity index (χ0) is 22.9. The summed E-state index contributed by atoms with van der Waals surface area (Å²) in [6.07, 6.45) is 11.6. The highest BCUT2D eigenvalue weighted by Crippen LogP contribution is 2.70. The van der Waals surface area contributed by atoms with E-state index in [4.69, 9.17) is 9.47 Å². The van der Waals surface area contributed by atoms with E-state index in [0.29, 0.717) is 24.2 Å². The summed E-state index contributed by atoms with van der Waals surface area (Å²) in [5.41, 5.74) is 0.908. The van der Waals surface area contributed by atoms with Gasteiger partial charge in [-0.2, -0.15) is 0 Å². The number of thioether (sulfide) groups is 1. The molecular weight excluding hydrogens is 424 g/mol. The molecule has 32 heavy (non-hydrogen) atoms. The van der Waals surface area contributed by atoms with Crippen molar-refractivity contribution in [2.45, 2.75) is 89.9 Å². The van der Waals surface area contributed by atoms with E-state index >= 15 is 0 Å². The molecule has 174 valence electrons. The van der Waals surface area contributed by atoms with E-state index in [9.17, 15) is 14.4 Å². The molecule has 2 saturated carbocycles. The van der Waals surface area contributed by atoms with E-state index in [1.54, 1.807) is 6.92 Å². The Morgan fingerprint density at radius 1 is 1.06 bits per heavy atom. The normalized spacial score (nSPS) is 44.7. The number of carbonyl (C=O) groups excluding carboxylic acids is 3. The van der Waals surface area contributed by atoms with Gasteiger partial charge in [-0.3, -0.25) is 14.4 Å². The first-order valence-corrected chi connectivity index (χ1v) is 13.0. The molecule has 0 radical (unpaired) electrons. The molecule has 0 amide bonds. The molecule has 1 heterocycles. The second-order valence-electron chi connectivity index (χ2n) is 11.1. The van der Waals surface area contributed by atoms with Crippen LogP contribution in [0.4, 0.5) is 0 Å². The quantitative estimate of drug-likeness (QED) is 0.520. The molecule has 1 aliphatic heterocycles. The van der Waals surface area contributed by atoms with E-state index in [2.05, 4.69) is 26.0 Å². The minimum Gasteiger partial charge on any atom is -0.458 e. The fraction of sp³-hybridized carbons (Fsp3) is 0.731. The fourth-order valence-electron chi connectivity index (χ4n) is 8.13. The first-order valence-electron chi connectivity index (χ1n) is 12.1. The van der Waals surface area contributed by atoms with Gasteiger partial charge in [-0.1, -0.05) is 31.7 Å². The van der Waals surface area contributed by atoms with E-state index in [-0.39, 0.29) is 38.7 Å². The highest BCUT2D eigenvalue weighted by Gasteiger charge is 2.68. The largest absolute Gasteiger partial charge is 0.458 e. The zero-order valence-corrected chi connectivity index (χ0v) is 20.4. The molecular formula is C26H34O5S. The highest BCUT2D eigenvalue weighted by molar-refractivity contribution is 8.14. The summed E-state index contributed by atoms with van der Waals surface area (Å²) in [5.74, 6) is 1.72. The van der Waals surface area contributed by atoms with Crippen molar-refractivity contribution in [3.63, 3.8) is 0 Å². The number of ether oxygens (including phenoxy) is 2. The van der Waals surface area contributed by atoms with Gasteiger partial charge in [-0.25, -0.2) is 0 Å². The van der Waals surface area contributed by atoms with Crippen LogP contribution >= 0.6 is 11.8 Å². The average molecular weight is 459 g/mol. The molecule has 6 heteroatoms. The number of fused-ring (bicyclic) bond motifs is 6. The highest BCUT2D eigenvalue weighted by atomic mass is 32.2. The number of hydrogen-bond donors (Lipinski definition) is 0. The maximum atomic E-state index is 12.3. The Morgan fingerprint density at radius 2 is 1.81 bits per heavy atom. The first kappa shape index (κ1) is 22.2. The minimum absolute atomic E-state index is 0.0194. The van der Waals surface area contributed by atoms with Crippen molar-refractivity contribution < 1.29 is 23.9 Å². The molecule has 4 aliphatic carbocycles. The van der Waals surface area contributed by atoms with Crippen molar-refractivity contribution in [2.75, 3.05) is 0 Å². The predicted molar refractivity (Wildman–Crippen MR) is 122 cm³/mol. The Hall–Kier alpha value is -1.56. The smallest absolute Gasteiger partial charge is 0.307 e. The number of esters is 2. The summed E-state index contributed by atoms with van der Waals surface area (Å²) in [5, 5.41) is 0.242. The summed E-state index contributed by atoms with van der Waals surface area (Å²) in [6.45, 7) is 7.83. The lowest BCUT2D eigenvalue weighted by molar-refractivity contribution is -0.166. The third-order valence-electron chi connectivity index (χ3n) is 9.65. The lowest BCUT2D eigenvalue weighted by Gasteiger charge is -2.59. The number of hydrogen-bond acceptors (Lipinski definition) is 6. The monoisotopic (exact) mass is 458 g/mol. The maximum Gasteiger partial charge on any atom is 0.307 e. The van der Waals surface area contributed by atoms with Crippen LogP contribution in [0.2, 0.25) is 0 Å². The van der Waals surface area contributed by atoms with Gasteiger partial charge in [0, 0.05) is 37.4 Å². The fourth-order valence-corrected chi connectivity index (χ4v) is 9.26. The molecule has 7 atom stereocenters. The van der Waals surface area contributed by atoms with E-state index in [0.717, 1.165) is 50.7 Å². The molecule has 1 spiro atoms. The minimum atomic E-state index is -0.314. The second kappa shape index (κ2) is 7.48. The summed E-state index contributed by atoms with van der Waals surface area (Å²) in [4.78, 5) is 35.9. The Morgan fingerprint density at radius 3 is 2.47 bits per heavy atom. The van der Waals surface area contributed by atoms with Crippen LogP contribution in [0.5, 0.6) is 0 Å². The van der Waals surface area contributed by atoms with Crippen molar-refractivity contribution in [3.8, 4) is 0 Å². The molecule has 5 nitrogen and oxygen atoms in total. The molecule has 3 fully saturated rings. The molecule has 5 aliphatic rings. The number of carbonyl (C=O) groups is 3. The van der Waals surface area contributed by atoms with Crippen LogP contribution in [0.15, 0.2) is 23.5 Å². The molecule has 0 unspecified atom stereocenters. The Bertz CT molecular complexity index is 937. The standard InChI is InChI=1S/C26H34O5S/c1-15(27)30-18-5-9-24(3)17(13-18)14-21(32-16(2)28)23-19(24)6-10-25(4)20(23)7-11-26(25)12-8-22(29)31-26/h13-14,19-21,23H,5-12H2,1-4H3/t19-,20-,21+,23+,24-,25-,26+/m0/s1. The van der Waals surface area contributed by atoms with Crippen molar-refractivity contribution in [1.82, 2.24) is 0 Å². The molecule has 1 saturated heterocycles. The lowest BCUT2D eigenvalue weighted by Crippen LogP contribution is -2.56. The van der Waals surface area contributed by atoms with Crippen LogP contribution in [0.1, 0.15) is 79.1 Å². The predicted octanol–water partition coefficient (Wildman–Crippen LogP) is 5.34. The van der Waals surface area contributed by atoms with Gasteiger partial charge >= 0.3 is 11.9 Å². The maximum absolute atomic E-state index is 12.3. The van der Waals surface area contributed by atoms with Gasteiger partial charge in [0.25, 0.3) is 0 Å². The molecule has 0 aromatic heterocycles. The molecule has 0 N–H and O–H groups in total. The van der Waals surface area contributed by atoms with Gasteiger partial charge in [0.15, 0.2) is 5.12 Å². The third kappa shape index (κ3) is 3.15. The van der Waals surface area contributed by atoms with Crippen molar-refractivity contribution >= 4 is 28.8 Å². The second-order valence-corrected chi connectivity index (χ2v) is 12.4. The zero-order valence-electron chi connectivity index (χ0n) is 19.6. The lowest BCUT2D eigenvalue weighted by atomic mass is 9.47. The molecule has 5 rings (SSSR count). The van der Waals surface area contributed by atoms with Crippen molar-refractivity contribution in [1.29, 1.82) is 0 Å². The number of rotatable bonds is 2. The van der Waals surface area contributed by atoms with Gasteiger partial charge in [-0.05, 0) is 73.3 Å². The SMILES string of the molecule is CC(=O)OC1=CC2=C[C@@H](SC(C)=O)[C@@H]3[C@H](CC[C@@]4(C)[C@H]3CC[C@@]43CCC(=O)O3)[C@@]2(C)CC1. The summed E-state index contributed by atoms with van der Waals surface area (Å²) in [7, 11) is 0. The molecule has 0 aromatic carbocycles. The summed E-state index contributed by atoms with van der Waals surface area (Å²) in [6, 6.07) is 0. The Labute approximate surface area is 194 Å². The van der Waals surface area contributed by atoms with Gasteiger partial charge in [0.2, 0.25) is 0 Å². The summed E-state index contributed by atoms with van der Waals surface area (Å²) < 4.78 is 11.5. The molecule has 0 aromatic rings. The van der Waals surface area contributed by atoms with Crippen molar-refractivity contribution in [2.24, 2.45) is 28.6 Å². The van der Waals surface area contributed by atoms with Crippen LogP contribution in [-0.2, 0) is 23.9 Å². The average Bonchev–Trinajstić information content (AvgIpc) is 3.22. The summed E-state index contributed by atoms with van der Waals surface area (Å²) >= 11 is 1.45. The van der Waals surface area contributed by atoms with E-state index < -0.39 is 0 Å². The number of allylic oxidation sites excluding steroid dienone is 3. The van der Waals surface area contributed by atoms with Gasteiger partial charge in [0.05, 0.1) is 0 Å². The van der Waals surface area contributed by atoms with Gasteiger partial charge in [-0.15, -0.1) is 0 Å². The van der Waals surface area contributed by atoms with Crippen LogP contribution in [0.3, 0.4) is 0 Å². The van der Waals surface area contributed by atoms with Crippen LogP contribution in [0, 0.1) is 28.6 Å². The van der Waals surface area contributed by atoms with E-state index in [1.807, 2.05) is 0 Å².